The van der Waals surface area contributed by atoms with E-state index < -0.39 is 0 Å². The molecule has 0 amide bonds. The molecule has 0 fully saturated rings. The maximum atomic E-state index is 6.28. The molecule has 1 aromatic rings. The smallest absolute Gasteiger partial charge is 0.118 e. The second-order valence-corrected chi connectivity index (χ2v) is 4.80. The summed E-state index contributed by atoms with van der Waals surface area (Å²) in [6.07, 6.45) is 0. The Kier molecular flexibility index (Phi) is 3.94. The minimum absolute atomic E-state index is 0.0200. The highest BCUT2D eigenvalue weighted by atomic mass is 16.5. The van der Waals surface area contributed by atoms with Crippen molar-refractivity contribution in [1.29, 1.82) is 0 Å². The van der Waals surface area contributed by atoms with E-state index in [9.17, 15) is 0 Å². The molecule has 0 saturated carbocycles. The molecule has 3 nitrogen and oxygen atoms in total. The van der Waals surface area contributed by atoms with Crippen LogP contribution in [0.25, 0.3) is 0 Å². The molecule has 1 aromatic carbocycles. The maximum Gasteiger partial charge on any atom is 0.118 e. The van der Waals surface area contributed by atoms with Crippen LogP contribution in [0.5, 0.6) is 5.75 Å². The lowest BCUT2D eigenvalue weighted by atomic mass is 9.88. The maximum absolute atomic E-state index is 6.28. The first-order valence-corrected chi connectivity index (χ1v) is 5.46. The Labute approximate surface area is 98.2 Å². The van der Waals surface area contributed by atoms with Crippen LogP contribution in [0.2, 0.25) is 0 Å². The Balaban J connectivity index is 2.91. The summed E-state index contributed by atoms with van der Waals surface area (Å²) in [7, 11) is 5.76. The fraction of sp³-hybridized carbons (Fsp3) is 0.538. The average molecular weight is 222 g/mol. The number of benzene rings is 1. The topological polar surface area (TPSA) is 38.5 Å². The Hall–Kier alpha value is -1.06. The van der Waals surface area contributed by atoms with E-state index in [-0.39, 0.29) is 11.6 Å². The first-order valence-electron chi connectivity index (χ1n) is 5.46. The van der Waals surface area contributed by atoms with Crippen molar-refractivity contribution in [2.75, 3.05) is 21.2 Å². The summed E-state index contributed by atoms with van der Waals surface area (Å²) >= 11 is 0. The van der Waals surface area contributed by atoms with Crippen LogP contribution < -0.4 is 10.5 Å². The van der Waals surface area contributed by atoms with Gasteiger partial charge < -0.3 is 15.4 Å². The van der Waals surface area contributed by atoms with E-state index >= 15 is 0 Å². The van der Waals surface area contributed by atoms with Crippen LogP contribution in [0.15, 0.2) is 24.3 Å². The molecular weight excluding hydrogens is 200 g/mol. The van der Waals surface area contributed by atoms with Crippen molar-refractivity contribution < 1.29 is 4.74 Å². The average Bonchev–Trinajstić information content (AvgIpc) is 2.28. The number of rotatable bonds is 4. The van der Waals surface area contributed by atoms with Crippen molar-refractivity contribution in [1.82, 2.24) is 4.90 Å². The summed E-state index contributed by atoms with van der Waals surface area (Å²) < 4.78 is 5.13. The van der Waals surface area contributed by atoms with Gasteiger partial charge in [0.2, 0.25) is 0 Å². The molecule has 0 aliphatic rings. The first-order chi connectivity index (χ1) is 7.39. The van der Waals surface area contributed by atoms with E-state index in [1.807, 2.05) is 38.4 Å². The fourth-order valence-electron chi connectivity index (χ4n) is 1.50. The molecule has 2 N–H and O–H groups in total. The van der Waals surface area contributed by atoms with Crippen molar-refractivity contribution in [2.45, 2.75) is 25.4 Å². The van der Waals surface area contributed by atoms with Gasteiger partial charge in [-0.25, -0.2) is 0 Å². The van der Waals surface area contributed by atoms with Gasteiger partial charge >= 0.3 is 0 Å². The summed E-state index contributed by atoms with van der Waals surface area (Å²) in [5, 5.41) is 0. The first kappa shape index (κ1) is 13.0. The molecule has 3 heteroatoms. The molecule has 16 heavy (non-hydrogen) atoms. The summed E-state index contributed by atoms with van der Waals surface area (Å²) in [5.41, 5.74) is 7.33. The van der Waals surface area contributed by atoms with Gasteiger partial charge in [0.05, 0.1) is 7.11 Å². The van der Waals surface area contributed by atoms with Gasteiger partial charge in [-0.3, -0.25) is 0 Å². The van der Waals surface area contributed by atoms with Gasteiger partial charge in [0.15, 0.2) is 0 Å². The largest absolute Gasteiger partial charge is 0.497 e. The minimum Gasteiger partial charge on any atom is -0.497 e. The van der Waals surface area contributed by atoms with Gasteiger partial charge in [0.1, 0.15) is 5.75 Å². The molecule has 0 saturated heterocycles. The number of nitrogens with zero attached hydrogens (tertiary/aromatic N) is 1. The van der Waals surface area contributed by atoms with Crippen LogP contribution in [0.3, 0.4) is 0 Å². The summed E-state index contributed by atoms with van der Waals surface area (Å²) in [6.45, 7) is 4.28. The Morgan fingerprint density at radius 1 is 1.19 bits per heavy atom. The lowest BCUT2D eigenvalue weighted by Gasteiger charge is -2.38. The molecular formula is C13H22N2O. The van der Waals surface area contributed by atoms with Crippen LogP contribution in [-0.2, 0) is 0 Å². The van der Waals surface area contributed by atoms with E-state index in [1.54, 1.807) is 7.11 Å². The van der Waals surface area contributed by atoms with Gasteiger partial charge in [0, 0.05) is 11.6 Å². The zero-order valence-corrected chi connectivity index (χ0v) is 10.8. The van der Waals surface area contributed by atoms with Crippen LogP contribution >= 0.6 is 0 Å². The van der Waals surface area contributed by atoms with E-state index in [1.165, 1.54) is 0 Å². The van der Waals surface area contributed by atoms with E-state index in [0.717, 1.165) is 11.3 Å². The summed E-state index contributed by atoms with van der Waals surface area (Å²) in [4.78, 5) is 2.14. The molecule has 90 valence electrons. The lowest BCUT2D eigenvalue weighted by Crippen LogP contribution is -2.47. The highest BCUT2D eigenvalue weighted by Crippen LogP contribution is 2.28. The number of methoxy groups -OCH3 is 1. The Bertz CT molecular complexity index is 330. The van der Waals surface area contributed by atoms with Gasteiger partial charge in [-0.2, -0.15) is 0 Å². The van der Waals surface area contributed by atoms with Crippen molar-refractivity contribution in [3.05, 3.63) is 29.8 Å². The highest BCUT2D eigenvalue weighted by Gasteiger charge is 2.29. The van der Waals surface area contributed by atoms with Gasteiger partial charge in [0.25, 0.3) is 0 Å². The normalized spacial score (nSPS) is 13.9. The van der Waals surface area contributed by atoms with Gasteiger partial charge in [-0.1, -0.05) is 12.1 Å². The third kappa shape index (κ3) is 2.54. The third-order valence-corrected chi connectivity index (χ3v) is 3.39. The molecule has 1 unspecified atom stereocenters. The van der Waals surface area contributed by atoms with Crippen molar-refractivity contribution in [3.63, 3.8) is 0 Å². The zero-order valence-electron chi connectivity index (χ0n) is 10.8. The molecule has 0 radical (unpaired) electrons. The molecule has 0 bridgehead atoms. The molecule has 0 aliphatic carbocycles. The van der Waals surface area contributed by atoms with Crippen LogP contribution in [0.4, 0.5) is 0 Å². The fourth-order valence-corrected chi connectivity index (χ4v) is 1.50. The van der Waals surface area contributed by atoms with Crippen molar-refractivity contribution in [2.24, 2.45) is 5.73 Å². The number of hydrogen-bond donors (Lipinski definition) is 1. The monoisotopic (exact) mass is 222 g/mol. The second kappa shape index (κ2) is 4.85. The van der Waals surface area contributed by atoms with Crippen LogP contribution in [0, 0.1) is 0 Å². The molecule has 1 rings (SSSR count). The SMILES string of the molecule is COc1ccc(C(N)C(C)(C)N(C)C)cc1. The molecule has 1 atom stereocenters. The summed E-state index contributed by atoms with van der Waals surface area (Å²) in [6, 6.07) is 7.92. The van der Waals surface area contributed by atoms with E-state index in [2.05, 4.69) is 18.7 Å². The predicted octanol–water partition coefficient (Wildman–Crippen LogP) is 2.04. The predicted molar refractivity (Wildman–Crippen MR) is 67.7 cm³/mol. The zero-order chi connectivity index (χ0) is 12.3. The third-order valence-electron chi connectivity index (χ3n) is 3.39. The van der Waals surface area contributed by atoms with Gasteiger partial charge in [-0.15, -0.1) is 0 Å². The number of hydrogen-bond acceptors (Lipinski definition) is 3. The van der Waals surface area contributed by atoms with Crippen LogP contribution in [0.1, 0.15) is 25.5 Å². The highest BCUT2D eigenvalue weighted by molar-refractivity contribution is 5.30. The van der Waals surface area contributed by atoms with E-state index in [4.69, 9.17) is 10.5 Å². The molecule has 0 aliphatic heterocycles. The van der Waals surface area contributed by atoms with Crippen LogP contribution in [-0.4, -0.2) is 31.6 Å². The standard InChI is InChI=1S/C13H22N2O/c1-13(2,15(3)4)12(14)10-6-8-11(16-5)9-7-10/h6-9,12H,14H2,1-5H3. The van der Waals surface area contributed by atoms with E-state index in [0.29, 0.717) is 0 Å². The quantitative estimate of drug-likeness (QED) is 0.847. The second-order valence-electron chi connectivity index (χ2n) is 4.80. The number of likely N-dealkylation sites (N-methyl/N-ethyl adjacent to an activating group) is 1. The Morgan fingerprint density at radius 3 is 2.06 bits per heavy atom. The Morgan fingerprint density at radius 2 is 1.69 bits per heavy atom. The number of nitrogens with two attached hydrogens (primary N) is 1. The minimum atomic E-state index is -0.0748. The summed E-state index contributed by atoms with van der Waals surface area (Å²) in [5.74, 6) is 0.860. The molecule has 0 heterocycles. The molecule has 0 aromatic heterocycles. The lowest BCUT2D eigenvalue weighted by molar-refractivity contribution is 0.159. The number of ether oxygens (including phenoxy) is 1. The van der Waals surface area contributed by atoms with Gasteiger partial charge in [-0.05, 0) is 45.6 Å². The van der Waals surface area contributed by atoms with Crippen molar-refractivity contribution >= 4 is 0 Å². The molecule has 0 spiro atoms. The van der Waals surface area contributed by atoms with Crippen molar-refractivity contribution in [3.8, 4) is 5.75 Å².